The van der Waals surface area contributed by atoms with Crippen molar-refractivity contribution in [3.05, 3.63) is 41.2 Å². The summed E-state index contributed by atoms with van der Waals surface area (Å²) in [7, 11) is 0. The second-order valence-corrected chi connectivity index (χ2v) is 7.87. The van der Waals surface area contributed by atoms with Gasteiger partial charge in [0.05, 0.1) is 17.8 Å². The summed E-state index contributed by atoms with van der Waals surface area (Å²) in [6, 6.07) is 8.20. The number of aryl methyl sites for hydroxylation is 1. The molecule has 0 atom stereocenters. The normalized spacial score (nSPS) is 13.8. The molecular formula is C19H21N5S. The van der Waals surface area contributed by atoms with Gasteiger partial charge in [-0.1, -0.05) is 24.4 Å². The third-order valence-electron chi connectivity index (χ3n) is 4.22. The molecule has 5 nitrogen and oxygen atoms in total. The maximum atomic E-state index is 5.36. The van der Waals surface area contributed by atoms with Crippen molar-refractivity contribution in [1.29, 1.82) is 0 Å². The summed E-state index contributed by atoms with van der Waals surface area (Å²) in [5.41, 5.74) is 6.88. The zero-order chi connectivity index (χ0) is 17.8. The number of aromatic amines is 1. The van der Waals surface area contributed by atoms with Gasteiger partial charge in [0.2, 0.25) is 0 Å². The first kappa shape index (κ1) is 16.0. The van der Waals surface area contributed by atoms with Gasteiger partial charge in [-0.3, -0.25) is 0 Å². The molecule has 3 heterocycles. The summed E-state index contributed by atoms with van der Waals surface area (Å²) < 4.78 is 0. The van der Waals surface area contributed by atoms with E-state index in [2.05, 4.69) is 48.5 Å². The Morgan fingerprint density at radius 3 is 2.68 bits per heavy atom. The first-order valence-corrected chi connectivity index (χ1v) is 8.79. The highest BCUT2D eigenvalue weighted by molar-refractivity contribution is 7.80. The minimum Gasteiger partial charge on any atom is -0.370 e. The quantitative estimate of drug-likeness (QED) is 0.611. The number of H-pyrrole nitrogens is 1. The molecule has 0 spiro atoms. The third kappa shape index (κ3) is 2.87. The number of aromatic nitrogens is 3. The molecule has 0 aliphatic carbocycles. The molecule has 4 rings (SSSR count). The van der Waals surface area contributed by atoms with Crippen LogP contribution in [0.1, 0.15) is 37.7 Å². The molecule has 1 aliphatic heterocycles. The maximum absolute atomic E-state index is 5.36. The number of rotatable bonds is 2. The fraction of sp³-hybridized carbons (Fsp3) is 0.316. The lowest BCUT2D eigenvalue weighted by atomic mass is 10.1. The Bertz CT molecular complexity index is 997. The Hall–Kier alpha value is -2.47. The van der Waals surface area contributed by atoms with Crippen molar-refractivity contribution >= 4 is 34.1 Å². The van der Waals surface area contributed by atoms with E-state index in [0.29, 0.717) is 0 Å². The number of thiocarbonyl (C=S) groups is 1. The van der Waals surface area contributed by atoms with E-state index >= 15 is 0 Å². The highest BCUT2D eigenvalue weighted by Gasteiger charge is 2.21. The molecule has 0 saturated heterocycles. The molecule has 3 N–H and O–H groups in total. The van der Waals surface area contributed by atoms with Crippen LogP contribution in [0.5, 0.6) is 0 Å². The lowest BCUT2D eigenvalue weighted by Gasteiger charge is -2.22. The van der Waals surface area contributed by atoms with Gasteiger partial charge in [0.1, 0.15) is 16.3 Å². The second kappa shape index (κ2) is 5.52. The number of fused-ring (bicyclic) bond motifs is 2. The number of nitrogens with zero attached hydrogens (tertiary/aromatic N) is 2. The van der Waals surface area contributed by atoms with Gasteiger partial charge in [-0.15, -0.1) is 0 Å². The van der Waals surface area contributed by atoms with Crippen LogP contribution >= 0.6 is 12.2 Å². The number of anilines is 1. The Balaban J connectivity index is 1.88. The van der Waals surface area contributed by atoms with Gasteiger partial charge >= 0.3 is 0 Å². The highest BCUT2D eigenvalue weighted by atomic mass is 32.1. The molecule has 0 bridgehead atoms. The van der Waals surface area contributed by atoms with Gasteiger partial charge in [-0.2, -0.15) is 0 Å². The van der Waals surface area contributed by atoms with E-state index in [4.69, 9.17) is 22.2 Å². The zero-order valence-corrected chi connectivity index (χ0v) is 15.6. The van der Waals surface area contributed by atoms with Crippen molar-refractivity contribution < 1.29 is 0 Å². The number of nitrogens with one attached hydrogen (secondary N) is 3. The molecule has 1 aliphatic rings. The SMILES string of the molecule is Cc1nc2cccc(-c3cc4c([nH]3)CNC4=S)c2nc1NC(C)(C)C. The number of hydrogen-bond donors (Lipinski definition) is 3. The Labute approximate surface area is 152 Å². The van der Waals surface area contributed by atoms with Crippen molar-refractivity contribution in [1.82, 2.24) is 20.3 Å². The number of benzene rings is 1. The lowest BCUT2D eigenvalue weighted by molar-refractivity contribution is 0.629. The summed E-state index contributed by atoms with van der Waals surface area (Å²) in [5, 5.41) is 6.64. The smallest absolute Gasteiger partial charge is 0.148 e. The second-order valence-electron chi connectivity index (χ2n) is 7.46. The molecule has 0 amide bonds. The molecule has 6 heteroatoms. The average molecular weight is 351 g/mol. The van der Waals surface area contributed by atoms with Crippen LogP contribution in [-0.4, -0.2) is 25.5 Å². The van der Waals surface area contributed by atoms with Gasteiger partial charge in [0.25, 0.3) is 0 Å². The minimum atomic E-state index is -0.0759. The number of hydrogen-bond acceptors (Lipinski definition) is 4. The van der Waals surface area contributed by atoms with Crippen LogP contribution in [0.2, 0.25) is 0 Å². The van der Waals surface area contributed by atoms with E-state index in [9.17, 15) is 0 Å². The summed E-state index contributed by atoms with van der Waals surface area (Å²) in [6.45, 7) is 9.09. The molecule has 1 aromatic carbocycles. The van der Waals surface area contributed by atoms with Crippen molar-refractivity contribution in [2.24, 2.45) is 0 Å². The van der Waals surface area contributed by atoms with Crippen LogP contribution in [0.25, 0.3) is 22.3 Å². The van der Waals surface area contributed by atoms with E-state index in [1.165, 1.54) is 0 Å². The monoisotopic (exact) mass is 351 g/mol. The minimum absolute atomic E-state index is 0.0759. The first-order valence-electron chi connectivity index (χ1n) is 8.38. The molecule has 0 fully saturated rings. The summed E-state index contributed by atoms with van der Waals surface area (Å²) in [5.74, 6) is 0.823. The Kier molecular flexibility index (Phi) is 3.54. The van der Waals surface area contributed by atoms with E-state index < -0.39 is 0 Å². The van der Waals surface area contributed by atoms with E-state index in [1.54, 1.807) is 0 Å². The molecule has 2 aromatic heterocycles. The Morgan fingerprint density at radius 2 is 1.96 bits per heavy atom. The maximum Gasteiger partial charge on any atom is 0.148 e. The third-order valence-corrected chi connectivity index (χ3v) is 4.59. The van der Waals surface area contributed by atoms with Crippen molar-refractivity contribution in [2.75, 3.05) is 5.32 Å². The van der Waals surface area contributed by atoms with Crippen LogP contribution in [0, 0.1) is 6.92 Å². The van der Waals surface area contributed by atoms with E-state index in [1.807, 2.05) is 19.1 Å². The van der Waals surface area contributed by atoms with E-state index in [-0.39, 0.29) is 5.54 Å². The van der Waals surface area contributed by atoms with Gasteiger partial charge in [0, 0.05) is 28.1 Å². The van der Waals surface area contributed by atoms with Crippen LogP contribution in [0.4, 0.5) is 5.82 Å². The van der Waals surface area contributed by atoms with Gasteiger partial charge < -0.3 is 15.6 Å². The van der Waals surface area contributed by atoms with Gasteiger partial charge in [0.15, 0.2) is 0 Å². The predicted octanol–water partition coefficient (Wildman–Crippen LogP) is 3.92. The molecule has 0 saturated carbocycles. The van der Waals surface area contributed by atoms with Crippen LogP contribution in [-0.2, 0) is 6.54 Å². The summed E-state index contributed by atoms with van der Waals surface area (Å²) in [6.07, 6.45) is 0. The van der Waals surface area contributed by atoms with Crippen LogP contribution < -0.4 is 10.6 Å². The fourth-order valence-corrected chi connectivity index (χ4v) is 3.36. The van der Waals surface area contributed by atoms with Crippen molar-refractivity contribution in [2.45, 2.75) is 39.8 Å². The van der Waals surface area contributed by atoms with Crippen LogP contribution in [0.15, 0.2) is 24.3 Å². The Morgan fingerprint density at radius 1 is 1.16 bits per heavy atom. The topological polar surface area (TPSA) is 65.6 Å². The van der Waals surface area contributed by atoms with Crippen molar-refractivity contribution in [3.8, 4) is 11.3 Å². The summed E-state index contributed by atoms with van der Waals surface area (Å²) in [4.78, 5) is 13.9. The highest BCUT2D eigenvalue weighted by Crippen LogP contribution is 2.31. The molecule has 25 heavy (non-hydrogen) atoms. The lowest BCUT2D eigenvalue weighted by Crippen LogP contribution is -2.27. The largest absolute Gasteiger partial charge is 0.370 e. The molecular weight excluding hydrogens is 330 g/mol. The molecule has 3 aromatic rings. The number of para-hydroxylation sites is 1. The van der Waals surface area contributed by atoms with Gasteiger partial charge in [-0.05, 0) is 39.8 Å². The molecule has 0 radical (unpaired) electrons. The molecule has 128 valence electrons. The molecule has 0 unspecified atom stereocenters. The standard InChI is InChI=1S/C19H21N5S/c1-10-17(24-19(2,3)4)23-16-11(6-5-7-13(16)21-10)14-8-12-15(22-14)9-20-18(12)25/h5-8,22H,9H2,1-4H3,(H,20,25)(H,23,24). The van der Waals surface area contributed by atoms with Gasteiger partial charge in [-0.25, -0.2) is 9.97 Å². The predicted molar refractivity (Wildman–Crippen MR) is 106 cm³/mol. The van der Waals surface area contributed by atoms with Crippen LogP contribution in [0.3, 0.4) is 0 Å². The first-order chi connectivity index (χ1) is 11.8. The fourth-order valence-electron chi connectivity index (χ4n) is 3.10. The average Bonchev–Trinajstić information content (AvgIpc) is 3.09. The summed E-state index contributed by atoms with van der Waals surface area (Å²) >= 11 is 5.36. The van der Waals surface area contributed by atoms with Crippen molar-refractivity contribution in [3.63, 3.8) is 0 Å². The zero-order valence-electron chi connectivity index (χ0n) is 14.8. The van der Waals surface area contributed by atoms with E-state index in [0.717, 1.165) is 56.6 Å².